The summed E-state index contributed by atoms with van der Waals surface area (Å²) in [5.41, 5.74) is 8.95. The van der Waals surface area contributed by atoms with Gasteiger partial charge in [-0.3, -0.25) is 0 Å². The van der Waals surface area contributed by atoms with Crippen molar-refractivity contribution in [2.24, 2.45) is 0 Å². The third-order valence-corrected chi connectivity index (χ3v) is 10.6. The molecule has 0 aliphatic heterocycles. The highest BCUT2D eigenvalue weighted by atomic mass is 16.3. The summed E-state index contributed by atoms with van der Waals surface area (Å²) in [5, 5.41) is 41.7. The van der Waals surface area contributed by atoms with Crippen LogP contribution >= 0.6 is 0 Å². The van der Waals surface area contributed by atoms with Crippen LogP contribution in [-0.2, 0) is 0 Å². The fraction of sp³-hybridized carbons (Fsp3) is 0. The first-order valence-corrected chi connectivity index (χ1v) is 19.4. The molecular formula is C49H33B2N7O3. The van der Waals surface area contributed by atoms with Crippen molar-refractivity contribution in [1.82, 2.24) is 29.9 Å². The maximum atomic E-state index is 10.7. The van der Waals surface area contributed by atoms with E-state index < -0.39 is 17.2 Å². The third-order valence-electron chi connectivity index (χ3n) is 10.6. The van der Waals surface area contributed by atoms with E-state index in [-0.39, 0.29) is 5.82 Å². The van der Waals surface area contributed by atoms with Gasteiger partial charge in [-0.05, 0) is 45.3 Å². The van der Waals surface area contributed by atoms with Crippen LogP contribution in [0, 0.1) is 11.3 Å². The SMILES string of the molecule is Bc1c(O)c(O)c(O)c(B)c1-c1nc(-c2ccccc2)nc(-c2ccccc2-c2ccc(-c3nc(-c4ccccc4)nc(-c4cccc(-c5ccccc5C#N)c4)n3)cc2)n1. The van der Waals surface area contributed by atoms with E-state index in [9.17, 15) is 20.6 Å². The Morgan fingerprint density at radius 2 is 0.770 bits per heavy atom. The minimum Gasteiger partial charge on any atom is -0.505 e. The Labute approximate surface area is 353 Å². The fourth-order valence-corrected chi connectivity index (χ4v) is 7.38. The van der Waals surface area contributed by atoms with E-state index in [1.807, 2.05) is 152 Å². The monoisotopic (exact) mass is 789 g/mol. The van der Waals surface area contributed by atoms with Crippen LogP contribution in [0.2, 0.25) is 0 Å². The van der Waals surface area contributed by atoms with E-state index >= 15 is 0 Å². The Kier molecular flexibility index (Phi) is 10.0. The van der Waals surface area contributed by atoms with E-state index in [0.29, 0.717) is 51.2 Å². The molecule has 61 heavy (non-hydrogen) atoms. The normalized spacial score (nSPS) is 10.9. The predicted octanol–water partition coefficient (Wildman–Crippen LogP) is 6.90. The fourth-order valence-electron chi connectivity index (χ4n) is 7.38. The number of aromatic hydroxyl groups is 3. The van der Waals surface area contributed by atoms with Gasteiger partial charge in [0.2, 0.25) is 0 Å². The van der Waals surface area contributed by atoms with Gasteiger partial charge in [-0.15, -0.1) is 0 Å². The van der Waals surface area contributed by atoms with Gasteiger partial charge in [0.05, 0.1) is 11.6 Å². The summed E-state index contributed by atoms with van der Waals surface area (Å²) in [5.74, 6) is 1.04. The number of phenols is 3. The molecule has 2 heterocycles. The largest absolute Gasteiger partial charge is 0.505 e. The highest BCUT2D eigenvalue weighted by Crippen LogP contribution is 2.37. The van der Waals surface area contributed by atoms with Crippen molar-refractivity contribution in [3.05, 3.63) is 163 Å². The van der Waals surface area contributed by atoms with Gasteiger partial charge in [0.15, 0.2) is 52.2 Å². The smallest absolute Gasteiger partial charge is 0.199 e. The molecule has 12 heteroatoms. The lowest BCUT2D eigenvalue weighted by atomic mass is 9.78. The van der Waals surface area contributed by atoms with Crippen LogP contribution in [0.15, 0.2) is 158 Å². The molecule has 0 spiro atoms. The molecule has 0 aliphatic rings. The lowest BCUT2D eigenvalue weighted by molar-refractivity contribution is 0.372. The van der Waals surface area contributed by atoms with Crippen molar-refractivity contribution < 1.29 is 15.3 Å². The zero-order valence-electron chi connectivity index (χ0n) is 33.0. The van der Waals surface area contributed by atoms with Gasteiger partial charge in [-0.2, -0.15) is 5.26 Å². The molecule has 0 saturated heterocycles. The number of hydrogen-bond acceptors (Lipinski definition) is 10. The number of aromatic nitrogens is 6. The molecule has 10 nitrogen and oxygen atoms in total. The molecular weight excluding hydrogens is 756 g/mol. The summed E-state index contributed by atoms with van der Waals surface area (Å²) in [6, 6.07) is 52.7. The maximum Gasteiger partial charge on any atom is 0.199 e. The summed E-state index contributed by atoms with van der Waals surface area (Å²) >= 11 is 0. The summed E-state index contributed by atoms with van der Waals surface area (Å²) in [4.78, 5) is 29.5. The number of benzene rings is 7. The summed E-state index contributed by atoms with van der Waals surface area (Å²) in [6.07, 6.45) is 0. The van der Waals surface area contributed by atoms with Gasteiger partial charge < -0.3 is 15.3 Å². The van der Waals surface area contributed by atoms with Crippen molar-refractivity contribution in [2.75, 3.05) is 0 Å². The van der Waals surface area contributed by atoms with Gasteiger partial charge in [0.25, 0.3) is 0 Å². The molecule has 0 unspecified atom stereocenters. The molecule has 9 rings (SSSR count). The van der Waals surface area contributed by atoms with Crippen molar-refractivity contribution in [3.8, 4) is 114 Å². The molecule has 0 bridgehead atoms. The quantitative estimate of drug-likeness (QED) is 0.109. The zero-order valence-corrected chi connectivity index (χ0v) is 33.0. The van der Waals surface area contributed by atoms with Gasteiger partial charge in [0.1, 0.15) is 15.7 Å². The van der Waals surface area contributed by atoms with E-state index in [4.69, 9.17) is 29.9 Å². The molecule has 0 amide bonds. The average Bonchev–Trinajstić information content (AvgIpc) is 3.33. The summed E-state index contributed by atoms with van der Waals surface area (Å²) in [6.45, 7) is 0. The van der Waals surface area contributed by atoms with Crippen molar-refractivity contribution in [3.63, 3.8) is 0 Å². The molecule has 0 fully saturated rings. The van der Waals surface area contributed by atoms with Crippen LogP contribution in [0.3, 0.4) is 0 Å². The van der Waals surface area contributed by atoms with Gasteiger partial charge in [-0.25, -0.2) is 29.9 Å². The number of nitrogens with zero attached hydrogens (tertiary/aromatic N) is 7. The van der Waals surface area contributed by atoms with Crippen LogP contribution < -0.4 is 10.9 Å². The van der Waals surface area contributed by atoms with Crippen LogP contribution in [-0.4, -0.2) is 60.9 Å². The van der Waals surface area contributed by atoms with Gasteiger partial charge >= 0.3 is 0 Å². The second-order valence-corrected chi connectivity index (χ2v) is 14.4. The molecule has 0 atom stereocenters. The number of hydrogen-bond donors (Lipinski definition) is 3. The minimum absolute atomic E-state index is 0.231. The van der Waals surface area contributed by atoms with E-state index in [1.54, 1.807) is 21.8 Å². The lowest BCUT2D eigenvalue weighted by Crippen LogP contribution is -2.22. The first-order chi connectivity index (χ1) is 29.8. The van der Waals surface area contributed by atoms with Crippen molar-refractivity contribution in [1.29, 1.82) is 5.26 Å². The van der Waals surface area contributed by atoms with Crippen LogP contribution in [0.25, 0.3) is 90.6 Å². The Bertz CT molecular complexity index is 3130. The average molecular weight is 789 g/mol. The highest BCUT2D eigenvalue weighted by molar-refractivity contribution is 6.46. The third kappa shape index (κ3) is 7.32. The molecule has 288 valence electrons. The maximum absolute atomic E-state index is 10.7. The molecule has 7 aromatic carbocycles. The number of nitriles is 1. The zero-order chi connectivity index (χ0) is 42.0. The topological polar surface area (TPSA) is 162 Å². The first-order valence-electron chi connectivity index (χ1n) is 19.4. The van der Waals surface area contributed by atoms with Gasteiger partial charge in [-0.1, -0.05) is 146 Å². The van der Waals surface area contributed by atoms with Crippen molar-refractivity contribution in [2.45, 2.75) is 0 Å². The van der Waals surface area contributed by atoms with E-state index in [1.165, 1.54) is 0 Å². The van der Waals surface area contributed by atoms with Gasteiger partial charge in [0, 0.05) is 33.4 Å². The Morgan fingerprint density at radius 3 is 1.36 bits per heavy atom. The van der Waals surface area contributed by atoms with Crippen molar-refractivity contribution >= 4 is 26.6 Å². The minimum atomic E-state index is -0.595. The van der Waals surface area contributed by atoms with Crippen LogP contribution in [0.4, 0.5) is 0 Å². The van der Waals surface area contributed by atoms with E-state index in [2.05, 4.69) is 6.07 Å². The molecule has 9 aromatic rings. The summed E-state index contributed by atoms with van der Waals surface area (Å²) < 4.78 is 0. The standard InChI is InChI=1S/C49H33B2N7O3/c50-39-38(40(51)42(60)43(61)41(39)59)49-57-45(30-14-5-2-6-15-30)56-48(58-49)37-21-10-9-20-36(37)28-22-24-31(25-23-28)46-53-44(29-12-3-1-4-13-29)54-47(55-46)33-18-11-17-32(26-33)35-19-8-7-16-34(35)27-52/h1-26,59-61H,50-51H2. The second kappa shape index (κ2) is 16.1. The molecule has 0 saturated carbocycles. The predicted molar refractivity (Wildman–Crippen MR) is 243 cm³/mol. The number of rotatable bonds is 8. The molecule has 0 radical (unpaired) electrons. The molecule has 3 N–H and O–H groups in total. The van der Waals surface area contributed by atoms with E-state index in [0.717, 1.165) is 50.1 Å². The first kappa shape index (κ1) is 38.1. The number of phenolic OH excluding ortho intramolecular Hbond substituents is 3. The Morgan fingerprint density at radius 1 is 0.361 bits per heavy atom. The summed E-state index contributed by atoms with van der Waals surface area (Å²) in [7, 11) is 3.28. The Balaban J connectivity index is 1.14. The molecule has 2 aromatic heterocycles. The lowest BCUT2D eigenvalue weighted by Gasteiger charge is -2.17. The second-order valence-electron chi connectivity index (χ2n) is 14.4. The van der Waals surface area contributed by atoms with Crippen LogP contribution in [0.1, 0.15) is 5.56 Å². The molecule has 0 aliphatic carbocycles. The Hall–Kier alpha value is -8.42. The van der Waals surface area contributed by atoms with Crippen LogP contribution in [0.5, 0.6) is 17.2 Å². The highest BCUT2D eigenvalue weighted by Gasteiger charge is 2.23.